The summed E-state index contributed by atoms with van der Waals surface area (Å²) in [5.41, 5.74) is 6.40. The molecular weight excluding hydrogens is 254 g/mol. The number of nitrogens with one attached hydrogen (secondary N) is 1. The van der Waals surface area contributed by atoms with E-state index in [-0.39, 0.29) is 17.9 Å². The Morgan fingerprint density at radius 3 is 2.70 bits per heavy atom. The van der Waals surface area contributed by atoms with Gasteiger partial charge in [-0.05, 0) is 26.0 Å². The highest BCUT2D eigenvalue weighted by atomic mass is 16.1. The van der Waals surface area contributed by atoms with Gasteiger partial charge in [0.2, 0.25) is 5.91 Å². The van der Waals surface area contributed by atoms with Crippen LogP contribution in [0.5, 0.6) is 0 Å². The molecule has 0 aliphatic heterocycles. The lowest BCUT2D eigenvalue weighted by Crippen LogP contribution is -2.34. The molecule has 6 heteroatoms. The van der Waals surface area contributed by atoms with Crippen molar-refractivity contribution in [3.05, 3.63) is 36.5 Å². The average Bonchev–Trinajstić information content (AvgIpc) is 2.84. The Kier molecular flexibility index (Phi) is 4.14. The van der Waals surface area contributed by atoms with Crippen LogP contribution in [0.1, 0.15) is 19.7 Å². The fourth-order valence-corrected chi connectivity index (χ4v) is 1.77. The molecule has 0 fully saturated rings. The molecule has 2 unspecified atom stereocenters. The van der Waals surface area contributed by atoms with Crippen molar-refractivity contribution in [1.82, 2.24) is 14.5 Å². The van der Waals surface area contributed by atoms with Crippen LogP contribution in [0.25, 0.3) is 5.82 Å². The van der Waals surface area contributed by atoms with Crippen LogP contribution in [-0.4, -0.2) is 26.5 Å². The van der Waals surface area contributed by atoms with Crippen molar-refractivity contribution in [3.8, 4) is 5.82 Å². The molecule has 2 aromatic rings. The third kappa shape index (κ3) is 2.85. The molecule has 1 amide bonds. The summed E-state index contributed by atoms with van der Waals surface area (Å²) >= 11 is 0. The fraction of sp³-hybridized carbons (Fsp3) is 0.357. The minimum absolute atomic E-state index is 0.119. The molecule has 2 rings (SSSR count). The largest absolute Gasteiger partial charge is 0.327 e. The van der Waals surface area contributed by atoms with Gasteiger partial charge in [-0.2, -0.15) is 0 Å². The minimum Gasteiger partial charge on any atom is -0.327 e. The SMILES string of the molecule is Cc1nccn1-c1ncccc1NC(=O)C(C)C(C)N. The summed E-state index contributed by atoms with van der Waals surface area (Å²) in [7, 11) is 0. The lowest BCUT2D eigenvalue weighted by atomic mass is 10.0. The van der Waals surface area contributed by atoms with E-state index in [9.17, 15) is 4.79 Å². The third-order valence-corrected chi connectivity index (χ3v) is 3.30. The van der Waals surface area contributed by atoms with E-state index in [1.54, 1.807) is 25.4 Å². The standard InChI is InChI=1S/C14H19N5O/c1-9(10(2)15)14(20)18-12-5-4-6-17-13(12)19-8-7-16-11(19)3/h4-10H,15H2,1-3H3,(H,18,20). The maximum absolute atomic E-state index is 12.1. The number of anilines is 1. The molecule has 0 aromatic carbocycles. The number of aromatic nitrogens is 3. The molecule has 2 heterocycles. The Balaban J connectivity index is 2.30. The zero-order valence-corrected chi connectivity index (χ0v) is 11.9. The Morgan fingerprint density at radius 1 is 1.35 bits per heavy atom. The van der Waals surface area contributed by atoms with E-state index in [1.807, 2.05) is 30.7 Å². The first kappa shape index (κ1) is 14.2. The van der Waals surface area contributed by atoms with Crippen LogP contribution < -0.4 is 11.1 Å². The first-order valence-corrected chi connectivity index (χ1v) is 6.52. The summed E-state index contributed by atoms with van der Waals surface area (Å²) in [6.45, 7) is 5.50. The van der Waals surface area contributed by atoms with Gasteiger partial charge in [-0.15, -0.1) is 0 Å². The predicted molar refractivity (Wildman–Crippen MR) is 77.5 cm³/mol. The zero-order chi connectivity index (χ0) is 14.7. The average molecular weight is 273 g/mol. The van der Waals surface area contributed by atoms with Crippen LogP contribution in [0.15, 0.2) is 30.7 Å². The van der Waals surface area contributed by atoms with Crippen molar-refractivity contribution in [2.45, 2.75) is 26.8 Å². The number of rotatable bonds is 4. The Bertz CT molecular complexity index is 605. The van der Waals surface area contributed by atoms with E-state index in [4.69, 9.17) is 5.73 Å². The molecule has 106 valence electrons. The molecule has 20 heavy (non-hydrogen) atoms. The summed E-state index contributed by atoms with van der Waals surface area (Å²) in [4.78, 5) is 20.6. The maximum Gasteiger partial charge on any atom is 0.228 e. The molecule has 0 aliphatic carbocycles. The molecule has 0 aliphatic rings. The van der Waals surface area contributed by atoms with Gasteiger partial charge in [0, 0.05) is 24.6 Å². The first-order valence-electron chi connectivity index (χ1n) is 6.52. The number of nitrogens with zero attached hydrogens (tertiary/aromatic N) is 3. The van der Waals surface area contributed by atoms with Crippen LogP contribution in [0.3, 0.4) is 0 Å². The number of carbonyl (C=O) groups excluding carboxylic acids is 1. The van der Waals surface area contributed by atoms with Crippen LogP contribution in [0.4, 0.5) is 5.69 Å². The quantitative estimate of drug-likeness (QED) is 0.884. The van der Waals surface area contributed by atoms with Gasteiger partial charge in [-0.3, -0.25) is 9.36 Å². The van der Waals surface area contributed by atoms with Gasteiger partial charge in [0.15, 0.2) is 5.82 Å². The Labute approximate surface area is 118 Å². The predicted octanol–water partition coefficient (Wildman–Crippen LogP) is 1.50. The summed E-state index contributed by atoms with van der Waals surface area (Å²) in [6, 6.07) is 3.39. The van der Waals surface area contributed by atoms with Crippen molar-refractivity contribution in [2.75, 3.05) is 5.32 Å². The van der Waals surface area contributed by atoms with Crippen LogP contribution in [0, 0.1) is 12.8 Å². The monoisotopic (exact) mass is 273 g/mol. The highest BCUT2D eigenvalue weighted by Crippen LogP contribution is 2.19. The number of nitrogens with two attached hydrogens (primary N) is 1. The second-order valence-corrected chi connectivity index (χ2v) is 4.86. The number of amides is 1. The van der Waals surface area contributed by atoms with Gasteiger partial charge in [0.05, 0.1) is 11.6 Å². The van der Waals surface area contributed by atoms with Crippen molar-refractivity contribution >= 4 is 11.6 Å². The number of pyridine rings is 1. The molecule has 0 bridgehead atoms. The minimum atomic E-state index is -0.271. The van der Waals surface area contributed by atoms with E-state index in [1.165, 1.54) is 0 Å². The van der Waals surface area contributed by atoms with Crippen LogP contribution in [0.2, 0.25) is 0 Å². The lowest BCUT2D eigenvalue weighted by molar-refractivity contribution is -0.119. The van der Waals surface area contributed by atoms with Gasteiger partial charge in [-0.1, -0.05) is 6.92 Å². The maximum atomic E-state index is 12.1. The van der Waals surface area contributed by atoms with Gasteiger partial charge < -0.3 is 11.1 Å². The smallest absolute Gasteiger partial charge is 0.228 e. The summed E-state index contributed by atoms with van der Waals surface area (Å²) in [5, 5.41) is 2.88. The van der Waals surface area contributed by atoms with Crippen molar-refractivity contribution < 1.29 is 4.79 Å². The Morgan fingerprint density at radius 2 is 2.10 bits per heavy atom. The molecular formula is C14H19N5O. The number of hydrogen-bond acceptors (Lipinski definition) is 4. The summed E-state index contributed by atoms with van der Waals surface area (Å²) in [5.74, 6) is 1.06. The molecule has 0 radical (unpaired) electrons. The van der Waals surface area contributed by atoms with E-state index in [2.05, 4.69) is 15.3 Å². The van der Waals surface area contributed by atoms with Gasteiger partial charge in [0.25, 0.3) is 0 Å². The number of carbonyl (C=O) groups is 1. The molecule has 3 N–H and O–H groups in total. The second-order valence-electron chi connectivity index (χ2n) is 4.86. The molecule has 6 nitrogen and oxygen atoms in total. The zero-order valence-electron chi connectivity index (χ0n) is 11.9. The van der Waals surface area contributed by atoms with Crippen molar-refractivity contribution in [1.29, 1.82) is 0 Å². The number of hydrogen-bond donors (Lipinski definition) is 2. The van der Waals surface area contributed by atoms with E-state index < -0.39 is 0 Å². The molecule has 0 saturated heterocycles. The summed E-state index contributed by atoms with van der Waals surface area (Å²) < 4.78 is 1.83. The van der Waals surface area contributed by atoms with E-state index in [0.29, 0.717) is 11.5 Å². The van der Waals surface area contributed by atoms with Crippen LogP contribution >= 0.6 is 0 Å². The highest BCUT2D eigenvalue weighted by molar-refractivity contribution is 5.94. The van der Waals surface area contributed by atoms with Gasteiger partial charge in [-0.25, -0.2) is 9.97 Å². The molecule has 0 saturated carbocycles. The first-order chi connectivity index (χ1) is 9.50. The van der Waals surface area contributed by atoms with E-state index >= 15 is 0 Å². The topological polar surface area (TPSA) is 85.8 Å². The molecule has 0 spiro atoms. The van der Waals surface area contributed by atoms with Gasteiger partial charge >= 0.3 is 0 Å². The fourth-order valence-electron chi connectivity index (χ4n) is 1.77. The molecule has 2 aromatic heterocycles. The number of imidazole rings is 1. The summed E-state index contributed by atoms with van der Waals surface area (Å²) in [6.07, 6.45) is 5.18. The second kappa shape index (κ2) is 5.83. The van der Waals surface area contributed by atoms with Crippen molar-refractivity contribution in [3.63, 3.8) is 0 Å². The third-order valence-electron chi connectivity index (χ3n) is 3.30. The van der Waals surface area contributed by atoms with E-state index in [0.717, 1.165) is 5.82 Å². The highest BCUT2D eigenvalue weighted by Gasteiger charge is 2.19. The number of aryl methyl sites for hydroxylation is 1. The molecule has 2 atom stereocenters. The normalized spacial score (nSPS) is 13.8. The van der Waals surface area contributed by atoms with Crippen molar-refractivity contribution in [2.24, 2.45) is 11.7 Å². The van der Waals surface area contributed by atoms with Crippen LogP contribution in [-0.2, 0) is 4.79 Å². The van der Waals surface area contributed by atoms with Gasteiger partial charge in [0.1, 0.15) is 5.82 Å². The Hall–Kier alpha value is -2.21. The lowest BCUT2D eigenvalue weighted by Gasteiger charge is -2.17.